The molecule has 0 saturated heterocycles. The number of ether oxygens (including phenoxy) is 1. The minimum Gasteiger partial charge on any atom is -0.361 e. The van der Waals surface area contributed by atoms with E-state index < -0.39 is 5.60 Å². The summed E-state index contributed by atoms with van der Waals surface area (Å²) in [5, 5.41) is 0. The highest BCUT2D eigenvalue weighted by Gasteiger charge is 2.41. The third-order valence-corrected chi connectivity index (χ3v) is 4.57. The minimum absolute atomic E-state index is 0.247. The molecule has 2 aromatic carbocycles. The van der Waals surface area contributed by atoms with Crippen molar-refractivity contribution in [2.24, 2.45) is 0 Å². The summed E-state index contributed by atoms with van der Waals surface area (Å²) in [7, 11) is 4.10. The largest absolute Gasteiger partial charge is 0.361 e. The average Bonchev–Trinajstić information content (AvgIpc) is 2.94. The van der Waals surface area contributed by atoms with Crippen LogP contribution in [0.2, 0.25) is 0 Å². The van der Waals surface area contributed by atoms with Gasteiger partial charge in [-0.15, -0.1) is 0 Å². The zero-order valence-corrected chi connectivity index (χ0v) is 14.1. The maximum Gasteiger partial charge on any atom is 0.187 e. The van der Waals surface area contributed by atoms with E-state index in [1.807, 2.05) is 30.3 Å². The summed E-state index contributed by atoms with van der Waals surface area (Å²) in [5.41, 5.74) is 3.19. The average molecular weight is 324 g/mol. The number of hydrogen-bond donors (Lipinski definition) is 0. The van der Waals surface area contributed by atoms with Gasteiger partial charge in [-0.2, -0.15) is 0 Å². The van der Waals surface area contributed by atoms with Gasteiger partial charge in [0.2, 0.25) is 0 Å². The Kier molecular flexibility index (Phi) is 4.66. The summed E-state index contributed by atoms with van der Waals surface area (Å²) in [6.45, 7) is 8.63. The number of hydrogen-bond acceptors (Lipinski definition) is 2. The highest BCUT2D eigenvalue weighted by Crippen LogP contribution is 2.46. The zero-order valence-electron chi connectivity index (χ0n) is 14.1. The smallest absolute Gasteiger partial charge is 0.187 e. The molecule has 1 atom stereocenters. The van der Waals surface area contributed by atoms with Crippen molar-refractivity contribution in [3.63, 3.8) is 0 Å². The molecule has 0 amide bonds. The maximum atomic E-state index is 13.4. The van der Waals surface area contributed by atoms with Gasteiger partial charge in [0.05, 0.1) is 13.2 Å². The Morgan fingerprint density at radius 3 is 2.62 bits per heavy atom. The lowest BCUT2D eigenvalue weighted by molar-refractivity contribution is -0.0140. The summed E-state index contributed by atoms with van der Waals surface area (Å²) >= 11 is 0. The fraction of sp³-hybridized carbons (Fsp3) is 0.350. The third-order valence-electron chi connectivity index (χ3n) is 4.57. The van der Waals surface area contributed by atoms with E-state index in [9.17, 15) is 4.39 Å². The van der Waals surface area contributed by atoms with Gasteiger partial charge < -0.3 is 9.64 Å². The minimum atomic E-state index is -0.556. The summed E-state index contributed by atoms with van der Waals surface area (Å²) in [5.74, 6) is -0.247. The number of halogens is 1. The molecule has 1 unspecified atom stereocenters. The standard InChI is InChI=1S/C20H21FN2O/c1-22-18-9-10-19-15(13-18)14-24-20(19,11-4-12-23(2)3)16-5-7-17(21)8-6-16/h5-10,13H,4,11-12,14H2,2-3H3. The van der Waals surface area contributed by atoms with Crippen LogP contribution in [0.15, 0.2) is 42.5 Å². The molecule has 0 aromatic heterocycles. The number of rotatable bonds is 5. The Hall–Kier alpha value is -2.22. The zero-order chi connectivity index (χ0) is 17.2. The van der Waals surface area contributed by atoms with Crippen LogP contribution in [0.3, 0.4) is 0 Å². The summed E-state index contributed by atoms with van der Waals surface area (Å²) in [6, 6.07) is 12.3. The third kappa shape index (κ3) is 3.06. The quantitative estimate of drug-likeness (QED) is 0.754. The molecular formula is C20H21FN2O. The lowest BCUT2D eigenvalue weighted by atomic mass is 9.82. The Morgan fingerprint density at radius 1 is 1.21 bits per heavy atom. The van der Waals surface area contributed by atoms with Crippen molar-refractivity contribution >= 4 is 5.69 Å². The fourth-order valence-electron chi connectivity index (χ4n) is 3.40. The Labute approximate surface area is 142 Å². The molecule has 3 nitrogen and oxygen atoms in total. The topological polar surface area (TPSA) is 16.8 Å². The van der Waals surface area contributed by atoms with Gasteiger partial charge >= 0.3 is 0 Å². The highest BCUT2D eigenvalue weighted by molar-refractivity contribution is 5.54. The molecule has 24 heavy (non-hydrogen) atoms. The summed E-state index contributed by atoms with van der Waals surface area (Å²) in [6.07, 6.45) is 1.79. The van der Waals surface area contributed by atoms with Gasteiger partial charge in [-0.3, -0.25) is 0 Å². The lowest BCUT2D eigenvalue weighted by Crippen LogP contribution is -2.28. The van der Waals surface area contributed by atoms with Crippen LogP contribution in [0.1, 0.15) is 29.5 Å². The first kappa shape index (κ1) is 16.6. The Bertz CT molecular complexity index is 764. The van der Waals surface area contributed by atoms with Crippen molar-refractivity contribution in [3.05, 3.63) is 76.4 Å². The van der Waals surface area contributed by atoms with Crippen molar-refractivity contribution < 1.29 is 9.13 Å². The Balaban J connectivity index is 2.02. The monoisotopic (exact) mass is 324 g/mol. The van der Waals surface area contributed by atoms with Crippen LogP contribution in [-0.4, -0.2) is 25.5 Å². The summed E-state index contributed by atoms with van der Waals surface area (Å²) in [4.78, 5) is 5.65. The van der Waals surface area contributed by atoms with Gasteiger partial charge in [0.1, 0.15) is 11.4 Å². The summed E-state index contributed by atoms with van der Waals surface area (Å²) < 4.78 is 19.6. The number of fused-ring (bicyclic) bond motifs is 1. The lowest BCUT2D eigenvalue weighted by Gasteiger charge is -2.31. The van der Waals surface area contributed by atoms with Gasteiger partial charge in [0.15, 0.2) is 5.69 Å². The van der Waals surface area contributed by atoms with Crippen LogP contribution in [0.5, 0.6) is 0 Å². The van der Waals surface area contributed by atoms with E-state index in [2.05, 4.69) is 23.8 Å². The van der Waals surface area contributed by atoms with E-state index in [0.717, 1.165) is 36.1 Å². The van der Waals surface area contributed by atoms with Gasteiger partial charge in [-0.1, -0.05) is 30.3 Å². The first-order valence-electron chi connectivity index (χ1n) is 8.11. The van der Waals surface area contributed by atoms with Crippen LogP contribution in [-0.2, 0) is 16.9 Å². The first-order chi connectivity index (χ1) is 11.5. The molecule has 3 rings (SSSR count). The molecule has 0 radical (unpaired) electrons. The van der Waals surface area contributed by atoms with E-state index in [1.165, 1.54) is 12.1 Å². The van der Waals surface area contributed by atoms with E-state index in [4.69, 9.17) is 11.3 Å². The predicted molar refractivity (Wildman–Crippen MR) is 92.5 cm³/mol. The molecule has 0 aliphatic carbocycles. The van der Waals surface area contributed by atoms with Gasteiger partial charge in [0, 0.05) is 0 Å². The van der Waals surface area contributed by atoms with Gasteiger partial charge in [-0.05, 0) is 62.3 Å². The van der Waals surface area contributed by atoms with Crippen LogP contribution < -0.4 is 0 Å². The molecular weight excluding hydrogens is 303 g/mol. The van der Waals surface area contributed by atoms with Gasteiger partial charge in [0.25, 0.3) is 0 Å². The molecule has 0 bridgehead atoms. The van der Waals surface area contributed by atoms with Crippen LogP contribution in [0, 0.1) is 12.4 Å². The SMILES string of the molecule is [C-]#[N+]c1ccc2c(c1)COC2(CCCN(C)C)c1ccc(F)cc1. The maximum absolute atomic E-state index is 13.4. The van der Waals surface area contributed by atoms with E-state index in [-0.39, 0.29) is 5.82 Å². The van der Waals surface area contributed by atoms with Crippen molar-refractivity contribution in [1.82, 2.24) is 4.90 Å². The molecule has 0 fully saturated rings. The molecule has 2 aromatic rings. The molecule has 1 aliphatic heterocycles. The second-order valence-corrected chi connectivity index (χ2v) is 6.48. The molecule has 0 N–H and O–H groups in total. The number of benzene rings is 2. The highest BCUT2D eigenvalue weighted by atomic mass is 19.1. The number of nitrogens with zero attached hydrogens (tertiary/aromatic N) is 2. The molecule has 0 spiro atoms. The van der Waals surface area contributed by atoms with Crippen molar-refractivity contribution in [2.75, 3.05) is 20.6 Å². The van der Waals surface area contributed by atoms with Crippen molar-refractivity contribution in [1.29, 1.82) is 0 Å². The van der Waals surface area contributed by atoms with Crippen molar-refractivity contribution in [3.8, 4) is 0 Å². The van der Waals surface area contributed by atoms with Crippen molar-refractivity contribution in [2.45, 2.75) is 25.0 Å². The normalized spacial score (nSPS) is 19.3. The second kappa shape index (κ2) is 6.72. The van der Waals surface area contributed by atoms with E-state index in [1.54, 1.807) is 0 Å². The first-order valence-corrected chi connectivity index (χ1v) is 8.11. The second-order valence-electron chi connectivity index (χ2n) is 6.48. The fourth-order valence-corrected chi connectivity index (χ4v) is 3.40. The van der Waals surface area contributed by atoms with Gasteiger partial charge in [-0.25, -0.2) is 9.24 Å². The molecule has 1 heterocycles. The van der Waals surface area contributed by atoms with Crippen LogP contribution >= 0.6 is 0 Å². The van der Waals surface area contributed by atoms with E-state index in [0.29, 0.717) is 12.3 Å². The predicted octanol–water partition coefficient (Wildman–Crippen LogP) is 4.49. The van der Waals surface area contributed by atoms with Crippen LogP contribution in [0.4, 0.5) is 10.1 Å². The molecule has 1 aliphatic rings. The molecule has 0 saturated carbocycles. The van der Waals surface area contributed by atoms with Crippen LogP contribution in [0.25, 0.3) is 4.85 Å². The molecule has 4 heteroatoms. The Morgan fingerprint density at radius 2 is 1.96 bits per heavy atom. The van der Waals surface area contributed by atoms with E-state index >= 15 is 0 Å². The molecule has 124 valence electrons.